The fraction of sp³-hybridized carbons (Fsp3) is 0.125. The van der Waals surface area contributed by atoms with E-state index in [0.29, 0.717) is 17.4 Å². The fourth-order valence-corrected chi connectivity index (χ4v) is 2.26. The van der Waals surface area contributed by atoms with Gasteiger partial charge in [0.1, 0.15) is 5.69 Å². The van der Waals surface area contributed by atoms with Gasteiger partial charge in [0.05, 0.1) is 17.2 Å². The van der Waals surface area contributed by atoms with Crippen molar-refractivity contribution < 1.29 is 0 Å². The topological polar surface area (TPSA) is 64.3 Å². The van der Waals surface area contributed by atoms with Crippen LogP contribution in [-0.2, 0) is 13.0 Å². The van der Waals surface area contributed by atoms with E-state index in [0.717, 1.165) is 6.42 Å². The largest absolute Gasteiger partial charge is 0.298 e. The lowest BCUT2D eigenvalue weighted by Crippen LogP contribution is -2.21. The minimum Gasteiger partial charge on any atom is -0.298 e. The first-order chi connectivity index (χ1) is 10.3. The molecule has 0 bridgehead atoms. The maximum Gasteiger partial charge on any atom is 0.261 e. The summed E-state index contributed by atoms with van der Waals surface area (Å²) in [6.45, 7) is 0.569. The molecule has 21 heavy (non-hydrogen) atoms. The van der Waals surface area contributed by atoms with E-state index in [1.54, 1.807) is 10.6 Å². The molecule has 0 atom stereocenters. The number of hydrogen-bond donors (Lipinski definition) is 0. The van der Waals surface area contributed by atoms with E-state index in [4.69, 9.17) is 0 Å². The van der Waals surface area contributed by atoms with Crippen molar-refractivity contribution in [2.75, 3.05) is 0 Å². The van der Waals surface area contributed by atoms with Crippen LogP contribution in [0, 0.1) is 4.91 Å². The monoisotopic (exact) mass is 279 g/mol. The maximum absolute atomic E-state index is 12.4. The molecule has 5 nitrogen and oxygen atoms in total. The van der Waals surface area contributed by atoms with Crippen LogP contribution < -0.4 is 5.56 Å². The summed E-state index contributed by atoms with van der Waals surface area (Å²) in [4.78, 5) is 27.1. The third-order valence-corrected chi connectivity index (χ3v) is 3.40. The first-order valence-corrected chi connectivity index (χ1v) is 6.64. The van der Waals surface area contributed by atoms with Crippen molar-refractivity contribution in [1.29, 1.82) is 0 Å². The molecule has 0 amide bonds. The van der Waals surface area contributed by atoms with Crippen molar-refractivity contribution >= 4 is 16.6 Å². The first-order valence-electron chi connectivity index (χ1n) is 6.64. The van der Waals surface area contributed by atoms with Crippen LogP contribution in [0.1, 0.15) is 5.56 Å². The van der Waals surface area contributed by atoms with Gasteiger partial charge in [0.15, 0.2) is 0 Å². The first kappa shape index (κ1) is 13.2. The van der Waals surface area contributed by atoms with Crippen molar-refractivity contribution in [3.8, 4) is 0 Å². The Kier molecular flexibility index (Phi) is 3.55. The van der Waals surface area contributed by atoms with Gasteiger partial charge in [0.25, 0.3) is 5.56 Å². The van der Waals surface area contributed by atoms with Crippen LogP contribution in [-0.4, -0.2) is 9.55 Å². The number of fused-ring (bicyclic) bond motifs is 1. The van der Waals surface area contributed by atoms with Crippen molar-refractivity contribution in [3.63, 3.8) is 0 Å². The predicted molar refractivity (Wildman–Crippen MR) is 81.6 cm³/mol. The SMILES string of the molecule is O=Nc1ccc2c(=O)n(CCc3ccccc3)cnc2c1. The Morgan fingerprint density at radius 1 is 1.10 bits per heavy atom. The lowest BCUT2D eigenvalue weighted by molar-refractivity contribution is 0.662. The third kappa shape index (κ3) is 2.72. The maximum atomic E-state index is 12.4. The molecule has 0 aliphatic rings. The third-order valence-electron chi connectivity index (χ3n) is 3.40. The number of aromatic nitrogens is 2. The molecule has 0 saturated heterocycles. The highest BCUT2D eigenvalue weighted by molar-refractivity contribution is 5.80. The van der Waals surface area contributed by atoms with E-state index in [-0.39, 0.29) is 11.2 Å². The smallest absolute Gasteiger partial charge is 0.261 e. The minimum atomic E-state index is -0.103. The quantitative estimate of drug-likeness (QED) is 0.689. The molecule has 0 fully saturated rings. The average molecular weight is 279 g/mol. The summed E-state index contributed by atoms with van der Waals surface area (Å²) < 4.78 is 1.59. The molecule has 0 radical (unpaired) electrons. The van der Waals surface area contributed by atoms with Gasteiger partial charge < -0.3 is 0 Å². The summed E-state index contributed by atoms with van der Waals surface area (Å²) >= 11 is 0. The molecule has 3 rings (SSSR count). The second-order valence-electron chi connectivity index (χ2n) is 4.77. The Morgan fingerprint density at radius 3 is 2.67 bits per heavy atom. The number of aryl methyl sites for hydroxylation is 2. The summed E-state index contributed by atoms with van der Waals surface area (Å²) in [5.74, 6) is 0. The molecule has 1 aromatic heterocycles. The molecule has 0 spiro atoms. The Bertz CT molecular complexity index is 841. The molecule has 0 unspecified atom stereocenters. The fourth-order valence-electron chi connectivity index (χ4n) is 2.26. The zero-order valence-electron chi connectivity index (χ0n) is 11.3. The molecule has 0 saturated carbocycles. The average Bonchev–Trinajstić information content (AvgIpc) is 2.55. The summed E-state index contributed by atoms with van der Waals surface area (Å²) in [6, 6.07) is 14.6. The summed E-state index contributed by atoms with van der Waals surface area (Å²) in [5, 5.41) is 3.35. The highest BCUT2D eigenvalue weighted by Gasteiger charge is 2.05. The normalized spacial score (nSPS) is 10.7. The van der Waals surface area contributed by atoms with Crippen molar-refractivity contribution in [2.24, 2.45) is 5.18 Å². The Morgan fingerprint density at radius 2 is 1.90 bits per heavy atom. The second-order valence-corrected chi connectivity index (χ2v) is 4.77. The molecule has 3 aromatic rings. The van der Waals surface area contributed by atoms with Gasteiger partial charge in [-0.2, -0.15) is 0 Å². The minimum absolute atomic E-state index is 0.103. The van der Waals surface area contributed by atoms with E-state index in [9.17, 15) is 9.70 Å². The van der Waals surface area contributed by atoms with Crippen LogP contribution in [0.25, 0.3) is 10.9 Å². The number of nitrogens with zero attached hydrogens (tertiary/aromatic N) is 3. The molecule has 5 heteroatoms. The van der Waals surface area contributed by atoms with Crippen LogP contribution in [0.3, 0.4) is 0 Å². The molecule has 1 heterocycles. The van der Waals surface area contributed by atoms with Gasteiger partial charge in [-0.05, 0) is 35.4 Å². The number of hydrogen-bond acceptors (Lipinski definition) is 4. The number of nitroso groups, excluding NO2 is 1. The van der Waals surface area contributed by atoms with E-state index < -0.39 is 0 Å². The highest BCUT2D eigenvalue weighted by atomic mass is 16.3. The molecule has 104 valence electrons. The van der Waals surface area contributed by atoms with Gasteiger partial charge in [-0.15, -0.1) is 4.91 Å². The number of rotatable bonds is 4. The van der Waals surface area contributed by atoms with Gasteiger partial charge in [0.2, 0.25) is 0 Å². The molecule has 2 aromatic carbocycles. The van der Waals surface area contributed by atoms with E-state index in [1.165, 1.54) is 24.0 Å². The van der Waals surface area contributed by atoms with Crippen LogP contribution in [0.4, 0.5) is 5.69 Å². The molecule has 0 N–H and O–H groups in total. The van der Waals surface area contributed by atoms with Crippen LogP contribution in [0.5, 0.6) is 0 Å². The van der Waals surface area contributed by atoms with Crippen molar-refractivity contribution in [2.45, 2.75) is 13.0 Å². The summed E-state index contributed by atoms with van der Waals surface area (Å²) in [6.07, 6.45) is 2.28. The van der Waals surface area contributed by atoms with Crippen molar-refractivity contribution in [3.05, 3.63) is 75.7 Å². The number of benzene rings is 2. The second kappa shape index (κ2) is 5.66. The summed E-state index contributed by atoms with van der Waals surface area (Å²) in [7, 11) is 0. The Balaban J connectivity index is 1.91. The van der Waals surface area contributed by atoms with Gasteiger partial charge in [-0.3, -0.25) is 9.36 Å². The lowest BCUT2D eigenvalue weighted by Gasteiger charge is -2.06. The van der Waals surface area contributed by atoms with Crippen LogP contribution >= 0.6 is 0 Å². The van der Waals surface area contributed by atoms with Gasteiger partial charge >= 0.3 is 0 Å². The molecular weight excluding hydrogens is 266 g/mol. The molecular formula is C16H13N3O2. The Hall–Kier alpha value is -2.82. The van der Waals surface area contributed by atoms with E-state index in [2.05, 4.69) is 10.2 Å². The van der Waals surface area contributed by atoms with Gasteiger partial charge in [-0.1, -0.05) is 30.3 Å². The highest BCUT2D eigenvalue weighted by Crippen LogP contribution is 2.16. The lowest BCUT2D eigenvalue weighted by atomic mass is 10.1. The Labute approximate surface area is 120 Å². The summed E-state index contributed by atoms with van der Waals surface area (Å²) in [5.41, 5.74) is 1.84. The zero-order valence-corrected chi connectivity index (χ0v) is 11.3. The standard InChI is InChI=1S/C16H13N3O2/c20-16-14-7-6-13(18-21)10-15(14)17-11-19(16)9-8-12-4-2-1-3-5-12/h1-7,10-11H,8-9H2. The van der Waals surface area contributed by atoms with E-state index in [1.807, 2.05) is 30.3 Å². The van der Waals surface area contributed by atoms with E-state index >= 15 is 0 Å². The van der Waals surface area contributed by atoms with Crippen molar-refractivity contribution in [1.82, 2.24) is 9.55 Å². The zero-order chi connectivity index (χ0) is 14.7. The van der Waals surface area contributed by atoms with Crippen LogP contribution in [0.15, 0.2) is 64.8 Å². The molecule has 0 aliphatic carbocycles. The molecule has 0 aliphatic heterocycles. The van der Waals surface area contributed by atoms with Gasteiger partial charge in [-0.25, -0.2) is 4.98 Å². The van der Waals surface area contributed by atoms with Crippen LogP contribution in [0.2, 0.25) is 0 Å². The van der Waals surface area contributed by atoms with Gasteiger partial charge in [0, 0.05) is 6.54 Å². The predicted octanol–water partition coefficient (Wildman–Crippen LogP) is 3.04.